The molecule has 0 heterocycles. The molecule has 0 spiro atoms. The number of benzene rings is 3. The zero-order chi connectivity index (χ0) is 24.0. The van der Waals surface area contributed by atoms with Crippen LogP contribution in [0.4, 0.5) is 5.69 Å². The summed E-state index contributed by atoms with van der Waals surface area (Å²) in [6, 6.07) is 21.3. The van der Waals surface area contributed by atoms with Crippen molar-refractivity contribution in [1.82, 2.24) is 5.32 Å². The Morgan fingerprint density at radius 1 is 0.970 bits per heavy atom. The number of carbonyl (C=O) groups is 3. The van der Waals surface area contributed by atoms with E-state index in [1.165, 1.54) is 11.0 Å². The van der Waals surface area contributed by atoms with Crippen molar-refractivity contribution in [1.29, 1.82) is 0 Å². The molecule has 170 valence electrons. The van der Waals surface area contributed by atoms with E-state index in [0.717, 1.165) is 5.56 Å². The van der Waals surface area contributed by atoms with Gasteiger partial charge < -0.3 is 16.0 Å². The monoisotopic (exact) mass is 463 g/mol. The van der Waals surface area contributed by atoms with Crippen LogP contribution < -0.4 is 16.0 Å². The van der Waals surface area contributed by atoms with E-state index >= 15 is 0 Å². The molecule has 0 aliphatic heterocycles. The topological polar surface area (TPSA) is 92.5 Å². The number of likely N-dealkylation sites (N-methyl/N-ethyl adjacent to an activating group) is 1. The van der Waals surface area contributed by atoms with Crippen LogP contribution in [0.25, 0.3) is 0 Å². The normalized spacial score (nSPS) is 12.5. The predicted molar refractivity (Wildman–Crippen MR) is 130 cm³/mol. The first-order valence-corrected chi connectivity index (χ1v) is 10.9. The third-order valence-corrected chi connectivity index (χ3v) is 5.53. The summed E-state index contributed by atoms with van der Waals surface area (Å²) in [4.78, 5) is 40.1. The van der Waals surface area contributed by atoms with E-state index < -0.39 is 18.0 Å². The smallest absolute Gasteiger partial charge is 0.249 e. The lowest BCUT2D eigenvalue weighted by atomic mass is 10.0. The molecule has 3 aromatic rings. The zero-order valence-electron chi connectivity index (χ0n) is 18.5. The number of nitrogens with zero attached hydrogens (tertiary/aromatic N) is 1. The van der Waals surface area contributed by atoms with Crippen LogP contribution in [0.1, 0.15) is 28.4 Å². The second kappa shape index (κ2) is 10.9. The van der Waals surface area contributed by atoms with Gasteiger partial charge in [-0.3, -0.25) is 14.4 Å². The summed E-state index contributed by atoms with van der Waals surface area (Å²) in [6.07, 6.45) is 0.357. The maximum atomic E-state index is 13.1. The van der Waals surface area contributed by atoms with Crippen LogP contribution in [0.2, 0.25) is 5.02 Å². The Hall–Kier alpha value is -3.48. The molecular formula is C26H26ClN3O3. The fraction of sp³-hybridized carbons (Fsp3) is 0.192. The summed E-state index contributed by atoms with van der Waals surface area (Å²) < 4.78 is 0. The zero-order valence-corrected chi connectivity index (χ0v) is 19.3. The molecule has 3 N–H and O–H groups in total. The molecule has 2 atom stereocenters. The molecule has 33 heavy (non-hydrogen) atoms. The Labute approximate surface area is 198 Å². The van der Waals surface area contributed by atoms with E-state index in [1.54, 1.807) is 50.4 Å². The third kappa shape index (κ3) is 6.06. The first-order chi connectivity index (χ1) is 15.8. The summed E-state index contributed by atoms with van der Waals surface area (Å²) in [6.45, 7) is 1.58. The number of halogens is 1. The van der Waals surface area contributed by atoms with Crippen LogP contribution in [-0.2, 0) is 16.0 Å². The highest BCUT2D eigenvalue weighted by molar-refractivity contribution is 6.31. The van der Waals surface area contributed by atoms with Gasteiger partial charge in [-0.15, -0.1) is 0 Å². The second-order valence-corrected chi connectivity index (χ2v) is 8.22. The predicted octanol–water partition coefficient (Wildman–Crippen LogP) is 3.61. The van der Waals surface area contributed by atoms with Crippen molar-refractivity contribution in [2.45, 2.75) is 25.4 Å². The average Bonchev–Trinajstić information content (AvgIpc) is 2.83. The van der Waals surface area contributed by atoms with Gasteiger partial charge in [0.1, 0.15) is 6.04 Å². The number of nitrogens with two attached hydrogens (primary N) is 1. The number of carbonyl (C=O) groups excluding carboxylic acids is 3. The molecule has 0 aliphatic rings. The first kappa shape index (κ1) is 24.2. The molecule has 0 bridgehead atoms. The third-order valence-electron chi connectivity index (χ3n) is 5.30. The summed E-state index contributed by atoms with van der Waals surface area (Å²) in [5.41, 5.74) is 8.14. The standard InChI is InChI=1S/C26H26ClN3O3/c1-17(29-25(32)22(28)15-18-9-5-3-6-10-18)26(33)30(2)23-14-13-20(27)16-21(23)24(31)19-11-7-4-8-12-19/h3-14,16-17,22H,15,28H2,1-2H3,(H,29,32)/t17-,22-/m0/s1. The molecule has 3 aromatic carbocycles. The molecule has 0 aromatic heterocycles. The fourth-order valence-electron chi connectivity index (χ4n) is 3.48. The summed E-state index contributed by atoms with van der Waals surface area (Å²) >= 11 is 6.14. The highest BCUT2D eigenvalue weighted by Gasteiger charge is 2.26. The molecule has 3 rings (SSSR count). The molecule has 0 unspecified atom stereocenters. The van der Waals surface area contributed by atoms with Crippen LogP contribution >= 0.6 is 11.6 Å². The van der Waals surface area contributed by atoms with E-state index in [0.29, 0.717) is 28.3 Å². The van der Waals surface area contributed by atoms with Crippen LogP contribution in [0.5, 0.6) is 0 Å². The van der Waals surface area contributed by atoms with Gasteiger partial charge >= 0.3 is 0 Å². The van der Waals surface area contributed by atoms with Crippen molar-refractivity contribution in [3.63, 3.8) is 0 Å². The quantitative estimate of drug-likeness (QED) is 0.499. The maximum absolute atomic E-state index is 13.1. The van der Waals surface area contributed by atoms with E-state index in [9.17, 15) is 14.4 Å². The van der Waals surface area contributed by atoms with E-state index in [-0.39, 0.29) is 11.7 Å². The number of rotatable bonds is 8. The molecule has 0 fully saturated rings. The minimum Gasteiger partial charge on any atom is -0.343 e. The Morgan fingerprint density at radius 3 is 2.21 bits per heavy atom. The number of ketones is 1. The number of hydrogen-bond acceptors (Lipinski definition) is 4. The van der Waals surface area contributed by atoms with Crippen LogP contribution in [-0.4, -0.2) is 36.7 Å². The van der Waals surface area contributed by atoms with Crippen molar-refractivity contribution in [3.05, 3.63) is 101 Å². The fourth-order valence-corrected chi connectivity index (χ4v) is 3.65. The first-order valence-electron chi connectivity index (χ1n) is 10.5. The van der Waals surface area contributed by atoms with Gasteiger partial charge in [0.05, 0.1) is 11.7 Å². The SMILES string of the molecule is C[C@H](NC(=O)[C@@H](N)Cc1ccccc1)C(=O)N(C)c1ccc(Cl)cc1C(=O)c1ccccc1. The van der Waals surface area contributed by atoms with Crippen molar-refractivity contribution in [3.8, 4) is 0 Å². The van der Waals surface area contributed by atoms with E-state index in [4.69, 9.17) is 17.3 Å². The lowest BCUT2D eigenvalue weighted by molar-refractivity contribution is -0.127. The minimum absolute atomic E-state index is 0.255. The maximum Gasteiger partial charge on any atom is 0.249 e. The second-order valence-electron chi connectivity index (χ2n) is 7.78. The van der Waals surface area contributed by atoms with Gasteiger partial charge in [-0.1, -0.05) is 72.3 Å². The van der Waals surface area contributed by atoms with Crippen LogP contribution in [0, 0.1) is 0 Å². The largest absolute Gasteiger partial charge is 0.343 e. The number of nitrogens with one attached hydrogen (secondary N) is 1. The lowest BCUT2D eigenvalue weighted by Crippen LogP contribution is -2.51. The molecule has 2 amide bonds. The van der Waals surface area contributed by atoms with Gasteiger partial charge in [0.25, 0.3) is 0 Å². The molecule has 6 nitrogen and oxygen atoms in total. The number of hydrogen-bond donors (Lipinski definition) is 2. The number of anilines is 1. The minimum atomic E-state index is -0.848. The van der Waals surface area contributed by atoms with Crippen molar-refractivity contribution in [2.24, 2.45) is 5.73 Å². The average molecular weight is 464 g/mol. The van der Waals surface area contributed by atoms with Crippen molar-refractivity contribution >= 4 is 34.9 Å². The van der Waals surface area contributed by atoms with E-state index in [1.807, 2.05) is 36.4 Å². The van der Waals surface area contributed by atoms with E-state index in [2.05, 4.69) is 5.32 Å². The Bertz CT molecular complexity index is 1140. The molecule has 0 saturated heterocycles. The Morgan fingerprint density at radius 2 is 1.58 bits per heavy atom. The molecular weight excluding hydrogens is 438 g/mol. The number of amides is 2. The summed E-state index contributed by atoms with van der Waals surface area (Å²) in [5, 5.41) is 3.06. The van der Waals surface area contributed by atoms with Gasteiger partial charge in [0.15, 0.2) is 5.78 Å². The Kier molecular flexibility index (Phi) is 7.98. The van der Waals surface area contributed by atoms with Crippen molar-refractivity contribution in [2.75, 3.05) is 11.9 Å². The molecule has 0 saturated carbocycles. The van der Waals surface area contributed by atoms with Gasteiger partial charge in [0, 0.05) is 23.2 Å². The van der Waals surface area contributed by atoms with Crippen LogP contribution in [0.15, 0.2) is 78.9 Å². The van der Waals surface area contributed by atoms with Gasteiger partial charge in [-0.25, -0.2) is 0 Å². The van der Waals surface area contributed by atoms with Gasteiger partial charge in [-0.2, -0.15) is 0 Å². The van der Waals surface area contributed by atoms with Gasteiger partial charge in [-0.05, 0) is 37.1 Å². The Balaban J connectivity index is 1.74. The highest BCUT2D eigenvalue weighted by atomic mass is 35.5. The summed E-state index contributed by atoms with van der Waals surface area (Å²) in [7, 11) is 1.56. The lowest BCUT2D eigenvalue weighted by Gasteiger charge is -2.25. The highest BCUT2D eigenvalue weighted by Crippen LogP contribution is 2.26. The van der Waals surface area contributed by atoms with Crippen molar-refractivity contribution < 1.29 is 14.4 Å². The molecule has 7 heteroatoms. The summed E-state index contributed by atoms with van der Waals surface area (Å²) in [5.74, 6) is -1.07. The molecule has 0 aliphatic carbocycles. The van der Waals surface area contributed by atoms with Crippen LogP contribution in [0.3, 0.4) is 0 Å². The van der Waals surface area contributed by atoms with Gasteiger partial charge in [0.2, 0.25) is 11.8 Å². The molecule has 0 radical (unpaired) electrons.